The van der Waals surface area contributed by atoms with Crippen LogP contribution in [0, 0.1) is 6.92 Å². The smallest absolute Gasteiger partial charge is 0.0480 e. The summed E-state index contributed by atoms with van der Waals surface area (Å²) in [5.74, 6) is 0.518. The summed E-state index contributed by atoms with van der Waals surface area (Å²) < 4.78 is 0. The predicted octanol–water partition coefficient (Wildman–Crippen LogP) is 3.90. The van der Waals surface area contributed by atoms with Crippen molar-refractivity contribution in [3.05, 3.63) is 40.4 Å². The van der Waals surface area contributed by atoms with Gasteiger partial charge in [0.15, 0.2) is 0 Å². The number of rotatable bonds is 2. The van der Waals surface area contributed by atoms with E-state index >= 15 is 0 Å². The first kappa shape index (κ1) is 9.63. The molecule has 1 aromatic carbocycles. The van der Waals surface area contributed by atoms with Crippen LogP contribution in [-0.2, 0) is 0 Å². The minimum atomic E-state index is 0.518. The average Bonchev–Trinajstić information content (AvgIpc) is 2.03. The molecule has 0 saturated heterocycles. The maximum atomic E-state index is 5.97. The van der Waals surface area contributed by atoms with Crippen molar-refractivity contribution in [1.29, 1.82) is 0 Å². The monoisotopic (exact) mass is 200 g/mol. The lowest BCUT2D eigenvalue weighted by atomic mass is 10.1. The Labute approximate surface area is 82.8 Å². The summed E-state index contributed by atoms with van der Waals surface area (Å²) in [4.78, 5) is 0. The minimum Gasteiger partial charge on any atom is -0.122 e. The van der Waals surface area contributed by atoms with E-state index in [-0.39, 0.29) is 0 Å². The third-order valence-electron chi connectivity index (χ3n) is 1.54. The Kier molecular flexibility index (Phi) is 3.64. The number of hydrogen-bond donors (Lipinski definition) is 0. The van der Waals surface area contributed by atoms with Crippen LogP contribution in [0.5, 0.6) is 0 Å². The molecule has 12 heavy (non-hydrogen) atoms. The zero-order valence-corrected chi connectivity index (χ0v) is 8.36. The zero-order valence-electron chi connectivity index (χ0n) is 6.85. The fourth-order valence-corrected chi connectivity index (χ4v) is 1.33. The third kappa shape index (κ3) is 2.54. The lowest BCUT2D eigenvalue weighted by Crippen LogP contribution is -1.77. The second-order valence-corrected chi connectivity index (χ2v) is 3.30. The second-order valence-electron chi connectivity index (χ2n) is 2.58. The quantitative estimate of drug-likeness (QED) is 0.636. The number of benzene rings is 1. The van der Waals surface area contributed by atoms with E-state index in [1.165, 1.54) is 5.56 Å². The lowest BCUT2D eigenvalue weighted by Gasteiger charge is -1.98. The van der Waals surface area contributed by atoms with Crippen molar-refractivity contribution < 1.29 is 0 Å². The molecule has 0 radical (unpaired) electrons. The molecule has 0 nitrogen and oxygen atoms in total. The Balaban J connectivity index is 2.94. The molecule has 0 heterocycles. The van der Waals surface area contributed by atoms with Crippen LogP contribution in [0.15, 0.2) is 24.3 Å². The minimum absolute atomic E-state index is 0.518. The van der Waals surface area contributed by atoms with Crippen LogP contribution in [0.2, 0.25) is 5.02 Å². The molecule has 64 valence electrons. The van der Waals surface area contributed by atoms with Gasteiger partial charge in [0.25, 0.3) is 0 Å². The van der Waals surface area contributed by atoms with E-state index < -0.39 is 0 Å². The summed E-state index contributed by atoms with van der Waals surface area (Å²) in [7, 11) is 0. The van der Waals surface area contributed by atoms with Gasteiger partial charge in [-0.25, -0.2) is 0 Å². The predicted molar refractivity (Wildman–Crippen MR) is 55.9 cm³/mol. The van der Waals surface area contributed by atoms with Gasteiger partial charge in [0.2, 0.25) is 0 Å². The van der Waals surface area contributed by atoms with Crippen molar-refractivity contribution in [2.45, 2.75) is 6.92 Å². The fraction of sp³-hybridized carbons (Fsp3) is 0.200. The van der Waals surface area contributed by atoms with Gasteiger partial charge in [-0.2, -0.15) is 0 Å². The summed E-state index contributed by atoms with van der Waals surface area (Å²) in [5, 5.41) is 0.774. The van der Waals surface area contributed by atoms with E-state index in [1.54, 1.807) is 0 Å². The lowest BCUT2D eigenvalue weighted by molar-refractivity contribution is 1.46. The van der Waals surface area contributed by atoms with Crippen molar-refractivity contribution in [3.63, 3.8) is 0 Å². The highest BCUT2D eigenvalue weighted by Gasteiger charge is 1.94. The van der Waals surface area contributed by atoms with Gasteiger partial charge < -0.3 is 0 Å². The van der Waals surface area contributed by atoms with Crippen LogP contribution in [0.3, 0.4) is 0 Å². The van der Waals surface area contributed by atoms with Crippen molar-refractivity contribution in [2.75, 3.05) is 5.88 Å². The van der Waals surface area contributed by atoms with Crippen LogP contribution in [0.25, 0.3) is 6.08 Å². The van der Waals surface area contributed by atoms with Crippen molar-refractivity contribution in [1.82, 2.24) is 0 Å². The molecule has 0 amide bonds. The molecular formula is C10H10Cl2. The molecule has 0 atom stereocenters. The van der Waals surface area contributed by atoms with Crippen molar-refractivity contribution >= 4 is 29.3 Å². The Morgan fingerprint density at radius 2 is 2.17 bits per heavy atom. The van der Waals surface area contributed by atoms with Crippen LogP contribution >= 0.6 is 23.2 Å². The van der Waals surface area contributed by atoms with Crippen molar-refractivity contribution in [2.24, 2.45) is 0 Å². The van der Waals surface area contributed by atoms with E-state index in [2.05, 4.69) is 0 Å². The molecule has 0 aliphatic heterocycles. The van der Waals surface area contributed by atoms with Gasteiger partial charge in [-0.05, 0) is 24.1 Å². The molecule has 0 aliphatic rings. The van der Waals surface area contributed by atoms with E-state index in [9.17, 15) is 0 Å². The molecule has 0 fully saturated rings. The standard InChI is InChI=1S/C10H10Cl2/c1-8-4-5-9(3-2-6-11)10(12)7-8/h2-5,7H,6H2,1H3/b3-2+. The molecular weight excluding hydrogens is 191 g/mol. The number of alkyl halides is 1. The van der Waals surface area contributed by atoms with Crippen LogP contribution in [-0.4, -0.2) is 5.88 Å². The first-order valence-corrected chi connectivity index (χ1v) is 4.64. The SMILES string of the molecule is Cc1ccc(/C=C/CCl)c(Cl)c1. The fourth-order valence-electron chi connectivity index (χ4n) is 0.939. The van der Waals surface area contributed by atoms with Gasteiger partial charge in [-0.1, -0.05) is 35.9 Å². The number of allylic oxidation sites excluding steroid dienone is 1. The van der Waals surface area contributed by atoms with E-state index in [0.717, 1.165) is 10.6 Å². The number of aryl methyl sites for hydroxylation is 1. The summed E-state index contributed by atoms with van der Waals surface area (Å²) in [6, 6.07) is 5.95. The molecule has 1 aromatic rings. The maximum Gasteiger partial charge on any atom is 0.0480 e. The third-order valence-corrected chi connectivity index (χ3v) is 2.05. The van der Waals surface area contributed by atoms with Gasteiger partial charge in [-0.3, -0.25) is 0 Å². The normalized spacial score (nSPS) is 10.9. The first-order valence-electron chi connectivity index (χ1n) is 3.72. The molecule has 0 unspecified atom stereocenters. The Bertz CT molecular complexity index is 290. The highest BCUT2D eigenvalue weighted by Crippen LogP contribution is 2.18. The number of halogens is 2. The molecule has 0 aromatic heterocycles. The molecule has 0 bridgehead atoms. The maximum absolute atomic E-state index is 5.97. The summed E-state index contributed by atoms with van der Waals surface area (Å²) in [5.41, 5.74) is 2.19. The summed E-state index contributed by atoms with van der Waals surface area (Å²) >= 11 is 11.5. The van der Waals surface area contributed by atoms with Crippen LogP contribution < -0.4 is 0 Å². The summed E-state index contributed by atoms with van der Waals surface area (Å²) in [6.45, 7) is 2.01. The molecule has 0 N–H and O–H groups in total. The number of hydrogen-bond acceptors (Lipinski definition) is 0. The first-order chi connectivity index (χ1) is 5.74. The molecule has 0 spiro atoms. The van der Waals surface area contributed by atoms with Crippen LogP contribution in [0.1, 0.15) is 11.1 Å². The van der Waals surface area contributed by atoms with Crippen LogP contribution in [0.4, 0.5) is 0 Å². The van der Waals surface area contributed by atoms with Gasteiger partial charge in [0, 0.05) is 10.9 Å². The van der Waals surface area contributed by atoms with Gasteiger partial charge in [0.05, 0.1) is 0 Å². The topological polar surface area (TPSA) is 0 Å². The second kappa shape index (κ2) is 4.54. The molecule has 0 saturated carbocycles. The Morgan fingerprint density at radius 3 is 2.75 bits per heavy atom. The van der Waals surface area contributed by atoms with Gasteiger partial charge >= 0.3 is 0 Å². The molecule has 2 heteroatoms. The Morgan fingerprint density at radius 1 is 1.42 bits per heavy atom. The van der Waals surface area contributed by atoms with Gasteiger partial charge in [-0.15, -0.1) is 11.6 Å². The van der Waals surface area contributed by atoms with E-state index in [0.29, 0.717) is 5.88 Å². The highest BCUT2D eigenvalue weighted by molar-refractivity contribution is 6.32. The van der Waals surface area contributed by atoms with E-state index in [1.807, 2.05) is 37.3 Å². The van der Waals surface area contributed by atoms with Crippen molar-refractivity contribution in [3.8, 4) is 0 Å². The molecule has 0 aliphatic carbocycles. The largest absolute Gasteiger partial charge is 0.122 e. The highest BCUT2D eigenvalue weighted by atomic mass is 35.5. The van der Waals surface area contributed by atoms with Gasteiger partial charge in [0.1, 0.15) is 0 Å². The Hall–Kier alpha value is -0.460. The zero-order chi connectivity index (χ0) is 8.97. The average molecular weight is 201 g/mol. The van der Waals surface area contributed by atoms with E-state index in [4.69, 9.17) is 23.2 Å². The molecule has 1 rings (SSSR count). The summed E-state index contributed by atoms with van der Waals surface area (Å²) in [6.07, 6.45) is 3.80.